The zero-order chi connectivity index (χ0) is 29.8. The van der Waals surface area contributed by atoms with Gasteiger partial charge in [0.25, 0.3) is 0 Å². The van der Waals surface area contributed by atoms with Crippen LogP contribution in [0.5, 0.6) is 23.0 Å². The van der Waals surface area contributed by atoms with Crippen molar-refractivity contribution in [3.8, 4) is 23.0 Å². The average molecular weight is 586 g/mol. The van der Waals surface area contributed by atoms with Crippen LogP contribution >= 0.6 is 0 Å². The fourth-order valence-corrected chi connectivity index (χ4v) is 3.08. The van der Waals surface area contributed by atoms with Gasteiger partial charge in [-0.15, -0.1) is 0 Å². The second kappa shape index (κ2) is 9.57. The Morgan fingerprint density at radius 1 is 0.487 bits per heavy atom. The van der Waals surface area contributed by atoms with Gasteiger partial charge in [-0.3, -0.25) is 0 Å². The fraction of sp³-hybridized carbons (Fsp3) is 0.143. The van der Waals surface area contributed by atoms with Crippen molar-refractivity contribution in [2.75, 3.05) is 11.5 Å². The van der Waals surface area contributed by atoms with Crippen LogP contribution < -0.4 is 20.9 Å². The van der Waals surface area contributed by atoms with Crippen molar-refractivity contribution >= 4 is 11.4 Å². The number of halogens is 14. The lowest BCUT2D eigenvalue weighted by atomic mass is 10.1. The van der Waals surface area contributed by atoms with Crippen LogP contribution in [-0.2, 0) is 18.5 Å². The van der Waals surface area contributed by atoms with E-state index in [1.807, 2.05) is 0 Å². The largest absolute Gasteiger partial charge is 0.451 e. The lowest BCUT2D eigenvalue weighted by Crippen LogP contribution is -2.15. The van der Waals surface area contributed by atoms with Gasteiger partial charge in [0.1, 0.15) is 16.7 Å². The van der Waals surface area contributed by atoms with Gasteiger partial charge in [0.15, 0.2) is 46.3 Å². The highest BCUT2D eigenvalue weighted by atomic mass is 19.4. The SMILES string of the molecule is Nc1cc(Oc2ccc(C(F)(F)F)c(Oc3cc(N)c(F)c(C(F)(F)F)c3F)c2F)c(F)c(C(F)(F)F)c1F. The Morgan fingerprint density at radius 3 is 1.28 bits per heavy atom. The van der Waals surface area contributed by atoms with Crippen LogP contribution in [0.3, 0.4) is 0 Å². The highest BCUT2D eigenvalue weighted by molar-refractivity contribution is 5.56. The number of hydrogen-bond donors (Lipinski definition) is 2. The zero-order valence-electron chi connectivity index (χ0n) is 18.1. The molecule has 0 aromatic heterocycles. The van der Waals surface area contributed by atoms with E-state index >= 15 is 4.39 Å². The summed E-state index contributed by atoms with van der Waals surface area (Å²) in [5.74, 6) is -19.4. The van der Waals surface area contributed by atoms with E-state index in [1.54, 1.807) is 0 Å². The molecule has 18 heteroatoms. The molecule has 0 amide bonds. The van der Waals surface area contributed by atoms with E-state index in [4.69, 9.17) is 11.5 Å². The molecule has 3 rings (SSSR count). The predicted molar refractivity (Wildman–Crippen MR) is 103 cm³/mol. The molecule has 0 fully saturated rings. The smallest absolute Gasteiger partial charge is 0.422 e. The molecule has 0 aliphatic rings. The molecule has 0 heterocycles. The van der Waals surface area contributed by atoms with Gasteiger partial charge in [0, 0.05) is 12.1 Å². The van der Waals surface area contributed by atoms with Crippen LogP contribution in [0.15, 0.2) is 24.3 Å². The summed E-state index contributed by atoms with van der Waals surface area (Å²) < 4.78 is 199. The molecule has 0 aliphatic heterocycles. The van der Waals surface area contributed by atoms with E-state index in [-0.39, 0.29) is 24.3 Å². The molecule has 212 valence electrons. The van der Waals surface area contributed by atoms with Crippen molar-refractivity contribution in [3.63, 3.8) is 0 Å². The summed E-state index contributed by atoms with van der Waals surface area (Å²) in [6.07, 6.45) is -17.1. The quantitative estimate of drug-likeness (QED) is 0.239. The molecule has 39 heavy (non-hydrogen) atoms. The Labute approximate surface area is 206 Å². The van der Waals surface area contributed by atoms with E-state index in [2.05, 4.69) is 9.47 Å². The van der Waals surface area contributed by atoms with Gasteiger partial charge in [-0.1, -0.05) is 0 Å². The second-order valence-corrected chi connectivity index (χ2v) is 7.39. The van der Waals surface area contributed by atoms with Gasteiger partial charge >= 0.3 is 18.5 Å². The molecule has 0 saturated heterocycles. The first kappa shape index (κ1) is 29.4. The van der Waals surface area contributed by atoms with Crippen molar-refractivity contribution in [2.45, 2.75) is 18.5 Å². The number of hydrogen-bond acceptors (Lipinski definition) is 4. The summed E-state index contributed by atoms with van der Waals surface area (Å²) >= 11 is 0. The van der Waals surface area contributed by atoms with E-state index in [0.717, 1.165) is 0 Å². The molecule has 0 aliphatic carbocycles. The van der Waals surface area contributed by atoms with Crippen molar-refractivity contribution in [3.05, 3.63) is 70.0 Å². The summed E-state index contributed by atoms with van der Waals surface area (Å²) in [6.45, 7) is 0. The van der Waals surface area contributed by atoms with Crippen LogP contribution in [0, 0.1) is 29.1 Å². The minimum atomic E-state index is -5.80. The molecule has 0 atom stereocenters. The van der Waals surface area contributed by atoms with Crippen LogP contribution in [0.1, 0.15) is 16.7 Å². The van der Waals surface area contributed by atoms with E-state index in [1.165, 1.54) is 0 Å². The Balaban J connectivity index is 2.23. The Hall–Kier alpha value is -4.12. The number of benzene rings is 3. The fourth-order valence-electron chi connectivity index (χ4n) is 3.08. The highest BCUT2D eigenvalue weighted by Crippen LogP contribution is 2.47. The van der Waals surface area contributed by atoms with Crippen molar-refractivity contribution in [1.29, 1.82) is 0 Å². The molecule has 0 unspecified atom stereocenters. The first-order chi connectivity index (χ1) is 17.7. The van der Waals surface area contributed by atoms with E-state index in [0.29, 0.717) is 0 Å². The number of nitrogens with two attached hydrogens (primary N) is 2. The normalized spacial score (nSPS) is 12.6. The molecule has 3 aromatic carbocycles. The summed E-state index contributed by atoms with van der Waals surface area (Å²) in [5.41, 5.74) is -0.311. The number of rotatable bonds is 4. The number of nitrogen functional groups attached to an aromatic ring is 2. The van der Waals surface area contributed by atoms with Crippen molar-refractivity contribution in [1.82, 2.24) is 0 Å². The third kappa shape index (κ3) is 5.53. The van der Waals surface area contributed by atoms with Gasteiger partial charge in [-0.25, -0.2) is 17.6 Å². The monoisotopic (exact) mass is 586 g/mol. The Kier molecular flexibility index (Phi) is 7.22. The third-order valence-corrected chi connectivity index (χ3v) is 4.76. The number of ether oxygens (including phenoxy) is 2. The van der Waals surface area contributed by atoms with Crippen LogP contribution in [-0.4, -0.2) is 0 Å². The maximum Gasteiger partial charge on any atom is 0.422 e. The maximum atomic E-state index is 15.1. The molecular weight excluding hydrogens is 578 g/mol. The summed E-state index contributed by atoms with van der Waals surface area (Å²) in [5, 5.41) is 0. The minimum Gasteiger partial charge on any atom is -0.451 e. The standard InChI is InChI=1S/C21H8F14N2O2/c22-13-6(36)3-9(15(24)11(13)20(30,31)32)38-8-2-1-5(19(27,28)29)18(17(8)26)39-10-4-7(37)14(23)12(16(10)25)21(33,34)35/h1-4H,36-37H2. The topological polar surface area (TPSA) is 70.5 Å². The van der Waals surface area contributed by atoms with E-state index < -0.39 is 98.7 Å². The van der Waals surface area contributed by atoms with Crippen molar-refractivity contribution in [2.24, 2.45) is 0 Å². The van der Waals surface area contributed by atoms with Crippen molar-refractivity contribution < 1.29 is 70.9 Å². The molecule has 0 radical (unpaired) electrons. The van der Waals surface area contributed by atoms with Gasteiger partial charge < -0.3 is 20.9 Å². The molecule has 0 bridgehead atoms. The first-order valence-electron chi connectivity index (χ1n) is 9.60. The van der Waals surface area contributed by atoms with Gasteiger partial charge in [-0.05, 0) is 12.1 Å². The van der Waals surface area contributed by atoms with Gasteiger partial charge in [0.2, 0.25) is 5.82 Å². The predicted octanol–water partition coefficient (Wildman–Crippen LogP) is 8.19. The zero-order valence-corrected chi connectivity index (χ0v) is 18.1. The second-order valence-electron chi connectivity index (χ2n) is 7.39. The molecule has 4 nitrogen and oxygen atoms in total. The van der Waals surface area contributed by atoms with Gasteiger partial charge in [0.05, 0.1) is 11.4 Å². The minimum absolute atomic E-state index is 0.0526. The number of alkyl halides is 9. The van der Waals surface area contributed by atoms with E-state index in [9.17, 15) is 57.1 Å². The number of anilines is 2. The Bertz CT molecular complexity index is 1450. The molecule has 3 aromatic rings. The van der Waals surface area contributed by atoms with Crippen LogP contribution in [0.2, 0.25) is 0 Å². The average Bonchev–Trinajstić information content (AvgIpc) is 2.75. The van der Waals surface area contributed by atoms with Gasteiger partial charge in [-0.2, -0.15) is 43.9 Å². The maximum absolute atomic E-state index is 15.1. The van der Waals surface area contributed by atoms with Crippen LogP contribution in [0.25, 0.3) is 0 Å². The summed E-state index contributed by atoms with van der Waals surface area (Å²) in [7, 11) is 0. The third-order valence-electron chi connectivity index (χ3n) is 4.76. The molecular formula is C21H8F14N2O2. The summed E-state index contributed by atoms with van der Waals surface area (Å²) in [4.78, 5) is 0. The molecule has 0 saturated carbocycles. The molecule has 0 spiro atoms. The summed E-state index contributed by atoms with van der Waals surface area (Å²) in [6, 6.07) is 0.0168. The van der Waals surface area contributed by atoms with Crippen LogP contribution in [0.4, 0.5) is 72.8 Å². The highest BCUT2D eigenvalue weighted by Gasteiger charge is 2.43. The lowest BCUT2D eigenvalue weighted by Gasteiger charge is -2.19. The Morgan fingerprint density at radius 2 is 0.897 bits per heavy atom. The first-order valence-corrected chi connectivity index (χ1v) is 9.60. The molecule has 4 N–H and O–H groups in total. The lowest BCUT2D eigenvalue weighted by molar-refractivity contribution is -0.143.